The van der Waals surface area contributed by atoms with Gasteiger partial charge in [0.15, 0.2) is 6.10 Å². The molecule has 4 heteroatoms. The maximum atomic E-state index is 13.5. The van der Waals surface area contributed by atoms with Crippen LogP contribution in [-0.2, 0) is 17.6 Å². The second-order valence-electron chi connectivity index (χ2n) is 6.00. The zero-order chi connectivity index (χ0) is 16.4. The van der Waals surface area contributed by atoms with Gasteiger partial charge in [-0.05, 0) is 74.1 Å². The van der Waals surface area contributed by atoms with Crippen LogP contribution in [0.15, 0.2) is 36.4 Å². The third kappa shape index (κ3) is 3.52. The minimum absolute atomic E-state index is 0.297. The van der Waals surface area contributed by atoms with Crippen molar-refractivity contribution in [3.05, 3.63) is 58.9 Å². The number of nitrogens with one attached hydrogen (secondary N) is 1. The molecular formula is C19H20FNO2. The van der Waals surface area contributed by atoms with E-state index in [4.69, 9.17) is 4.74 Å². The van der Waals surface area contributed by atoms with Crippen molar-refractivity contribution in [3.8, 4) is 5.75 Å². The molecule has 1 aliphatic rings. The Hall–Kier alpha value is -2.36. The number of hydrogen-bond acceptors (Lipinski definition) is 2. The number of hydrogen-bond donors (Lipinski definition) is 1. The lowest BCUT2D eigenvalue weighted by molar-refractivity contribution is -0.122. The van der Waals surface area contributed by atoms with Gasteiger partial charge >= 0.3 is 0 Å². The number of anilines is 1. The molecule has 0 saturated carbocycles. The van der Waals surface area contributed by atoms with Crippen LogP contribution in [0.4, 0.5) is 10.1 Å². The van der Waals surface area contributed by atoms with Crippen molar-refractivity contribution >= 4 is 11.6 Å². The predicted octanol–water partition coefficient (Wildman–Crippen LogP) is 4.03. The zero-order valence-corrected chi connectivity index (χ0v) is 13.4. The molecule has 1 aliphatic carbocycles. The van der Waals surface area contributed by atoms with Gasteiger partial charge in [0.1, 0.15) is 11.6 Å². The Balaban J connectivity index is 1.64. The normalized spacial score (nSPS) is 14.2. The summed E-state index contributed by atoms with van der Waals surface area (Å²) >= 11 is 0. The Labute approximate surface area is 135 Å². The van der Waals surface area contributed by atoms with E-state index in [1.807, 2.05) is 12.1 Å². The standard InChI is InChI=1S/C19H20FNO2/c1-12-6-8-16(11-18(12)20)21-19(22)13(2)23-17-9-7-14-4-3-5-15(14)10-17/h6-11,13H,3-5H2,1-2H3,(H,21,22)/t13-/m0/s1. The fourth-order valence-corrected chi connectivity index (χ4v) is 2.79. The molecule has 1 amide bonds. The van der Waals surface area contributed by atoms with E-state index in [9.17, 15) is 9.18 Å². The number of fused-ring (bicyclic) bond motifs is 1. The summed E-state index contributed by atoms with van der Waals surface area (Å²) in [6, 6.07) is 10.6. The van der Waals surface area contributed by atoms with Crippen molar-refractivity contribution < 1.29 is 13.9 Å². The van der Waals surface area contributed by atoms with E-state index in [1.165, 1.54) is 23.6 Å². The summed E-state index contributed by atoms with van der Waals surface area (Å²) in [6.07, 6.45) is 2.70. The van der Waals surface area contributed by atoms with Gasteiger partial charge in [-0.25, -0.2) is 4.39 Å². The van der Waals surface area contributed by atoms with Crippen LogP contribution in [0.5, 0.6) is 5.75 Å². The molecule has 0 radical (unpaired) electrons. The van der Waals surface area contributed by atoms with Crippen molar-refractivity contribution in [1.82, 2.24) is 0 Å². The lowest BCUT2D eigenvalue weighted by atomic mass is 10.1. The first-order chi connectivity index (χ1) is 11.0. The van der Waals surface area contributed by atoms with Crippen molar-refractivity contribution in [3.63, 3.8) is 0 Å². The number of benzene rings is 2. The number of carbonyl (C=O) groups excluding carboxylic acids is 1. The van der Waals surface area contributed by atoms with E-state index in [-0.39, 0.29) is 11.7 Å². The van der Waals surface area contributed by atoms with Crippen molar-refractivity contribution in [2.45, 2.75) is 39.2 Å². The Kier molecular flexibility index (Phi) is 4.33. The van der Waals surface area contributed by atoms with Gasteiger partial charge in [0, 0.05) is 5.69 Å². The van der Waals surface area contributed by atoms with Gasteiger partial charge in [-0.15, -0.1) is 0 Å². The molecule has 0 heterocycles. The van der Waals surface area contributed by atoms with Gasteiger partial charge in [0.2, 0.25) is 0 Å². The number of halogens is 1. The minimum Gasteiger partial charge on any atom is -0.481 e. The van der Waals surface area contributed by atoms with Gasteiger partial charge < -0.3 is 10.1 Å². The lowest BCUT2D eigenvalue weighted by Gasteiger charge is -2.15. The molecule has 0 saturated heterocycles. The molecule has 0 aliphatic heterocycles. The van der Waals surface area contributed by atoms with Crippen LogP contribution in [-0.4, -0.2) is 12.0 Å². The second kappa shape index (κ2) is 6.41. The average molecular weight is 313 g/mol. The summed E-state index contributed by atoms with van der Waals surface area (Å²) in [5, 5.41) is 2.68. The van der Waals surface area contributed by atoms with Crippen molar-refractivity contribution in [1.29, 1.82) is 0 Å². The summed E-state index contributed by atoms with van der Waals surface area (Å²) < 4.78 is 19.2. The number of ether oxygens (including phenoxy) is 1. The van der Waals surface area contributed by atoms with Gasteiger partial charge in [0.05, 0.1) is 0 Å². The molecule has 2 aromatic rings. The highest BCUT2D eigenvalue weighted by Crippen LogP contribution is 2.26. The van der Waals surface area contributed by atoms with Crippen LogP contribution in [0, 0.1) is 12.7 Å². The molecule has 0 bridgehead atoms. The smallest absolute Gasteiger partial charge is 0.265 e. The van der Waals surface area contributed by atoms with Gasteiger partial charge in [-0.3, -0.25) is 4.79 Å². The van der Waals surface area contributed by atoms with Crippen LogP contribution >= 0.6 is 0 Å². The van der Waals surface area contributed by atoms with Crippen molar-refractivity contribution in [2.75, 3.05) is 5.32 Å². The molecule has 0 fully saturated rings. The van der Waals surface area contributed by atoms with Crippen LogP contribution in [0.2, 0.25) is 0 Å². The first-order valence-corrected chi connectivity index (χ1v) is 7.88. The van der Waals surface area contributed by atoms with E-state index in [2.05, 4.69) is 11.4 Å². The van der Waals surface area contributed by atoms with Gasteiger partial charge in [-0.2, -0.15) is 0 Å². The maximum Gasteiger partial charge on any atom is 0.265 e. The highest BCUT2D eigenvalue weighted by atomic mass is 19.1. The molecular weight excluding hydrogens is 293 g/mol. The average Bonchev–Trinajstić information content (AvgIpc) is 2.98. The molecule has 23 heavy (non-hydrogen) atoms. The predicted molar refractivity (Wildman–Crippen MR) is 88.3 cm³/mol. The summed E-state index contributed by atoms with van der Waals surface area (Å²) in [5.41, 5.74) is 3.65. The molecule has 1 N–H and O–H groups in total. The quantitative estimate of drug-likeness (QED) is 0.925. The number of rotatable bonds is 4. The van der Waals surface area contributed by atoms with E-state index >= 15 is 0 Å². The Bertz CT molecular complexity index is 742. The third-order valence-corrected chi connectivity index (χ3v) is 4.19. The van der Waals surface area contributed by atoms with Crippen LogP contribution in [0.3, 0.4) is 0 Å². The highest BCUT2D eigenvalue weighted by molar-refractivity contribution is 5.94. The van der Waals surface area contributed by atoms with Gasteiger partial charge in [-0.1, -0.05) is 12.1 Å². The number of aryl methyl sites for hydroxylation is 3. The zero-order valence-electron chi connectivity index (χ0n) is 13.4. The largest absolute Gasteiger partial charge is 0.481 e. The first-order valence-electron chi connectivity index (χ1n) is 7.88. The lowest BCUT2D eigenvalue weighted by Crippen LogP contribution is -2.30. The van der Waals surface area contributed by atoms with Crippen LogP contribution in [0.25, 0.3) is 0 Å². The summed E-state index contributed by atoms with van der Waals surface area (Å²) in [4.78, 5) is 12.2. The molecule has 0 unspecified atom stereocenters. The molecule has 2 aromatic carbocycles. The maximum absolute atomic E-state index is 13.5. The van der Waals surface area contributed by atoms with E-state index in [1.54, 1.807) is 26.0 Å². The van der Waals surface area contributed by atoms with E-state index in [0.29, 0.717) is 17.0 Å². The summed E-state index contributed by atoms with van der Waals surface area (Å²) in [7, 11) is 0. The molecule has 120 valence electrons. The Morgan fingerprint density at radius 1 is 1.17 bits per heavy atom. The fourth-order valence-electron chi connectivity index (χ4n) is 2.79. The topological polar surface area (TPSA) is 38.3 Å². The molecule has 3 nitrogen and oxygen atoms in total. The minimum atomic E-state index is -0.654. The van der Waals surface area contributed by atoms with E-state index in [0.717, 1.165) is 12.8 Å². The SMILES string of the molecule is Cc1ccc(NC(=O)[C@H](C)Oc2ccc3c(c2)CCC3)cc1F. The highest BCUT2D eigenvalue weighted by Gasteiger charge is 2.17. The van der Waals surface area contributed by atoms with Gasteiger partial charge in [0.25, 0.3) is 5.91 Å². The Morgan fingerprint density at radius 2 is 1.96 bits per heavy atom. The molecule has 0 spiro atoms. The first kappa shape index (κ1) is 15.5. The molecule has 3 rings (SSSR count). The van der Waals surface area contributed by atoms with Crippen molar-refractivity contribution in [2.24, 2.45) is 0 Å². The monoisotopic (exact) mass is 313 g/mol. The third-order valence-electron chi connectivity index (χ3n) is 4.19. The molecule has 0 aromatic heterocycles. The van der Waals surface area contributed by atoms with Crippen LogP contribution in [0.1, 0.15) is 30.0 Å². The number of amides is 1. The Morgan fingerprint density at radius 3 is 2.74 bits per heavy atom. The molecule has 1 atom stereocenters. The van der Waals surface area contributed by atoms with Crippen LogP contribution < -0.4 is 10.1 Å². The second-order valence-corrected chi connectivity index (χ2v) is 6.00. The fraction of sp³-hybridized carbons (Fsp3) is 0.316. The van der Waals surface area contributed by atoms with E-state index < -0.39 is 6.10 Å². The number of carbonyl (C=O) groups is 1. The summed E-state index contributed by atoms with van der Waals surface area (Å²) in [5.74, 6) is 0.0622. The summed E-state index contributed by atoms with van der Waals surface area (Å²) in [6.45, 7) is 3.37.